The number of nitrogens with zero attached hydrogens (tertiary/aromatic N) is 3. The van der Waals surface area contributed by atoms with Crippen molar-refractivity contribution >= 4 is 54.7 Å². The van der Waals surface area contributed by atoms with Gasteiger partial charge in [-0.3, -0.25) is 19.3 Å². The second-order valence-corrected chi connectivity index (χ2v) is 19.1. The van der Waals surface area contributed by atoms with Gasteiger partial charge in [-0.25, -0.2) is 0 Å². The third kappa shape index (κ3) is 6.47. The molecule has 1 fully saturated rings. The highest BCUT2D eigenvalue weighted by atomic mass is 35.5. The standard InChI is InChI=1S/C41H44ClN3O6Si/c1-27-39(52(2,3)50)36(24-38(48)43(20-21-46)25-28-10-5-4-6-11-28)51-41(27)33-23-31(42)17-18-35(33)44(40(41)49)26-29-12-9-14-32(22-29)45-34-15-8-7-13-30(34)16-19-37(45)47/h4-15,17-18,22-23,27,36,39,46,50H,16,19-21,24-26H2,1-3H3/t27-,36+,39-,41+/m0/s1. The average molecular weight is 738 g/mol. The summed E-state index contributed by atoms with van der Waals surface area (Å²) in [4.78, 5) is 59.0. The van der Waals surface area contributed by atoms with Gasteiger partial charge in [0.15, 0.2) is 13.9 Å². The Morgan fingerprint density at radius 3 is 2.42 bits per heavy atom. The molecule has 0 bridgehead atoms. The molecular formula is C41H44ClN3O6Si. The van der Waals surface area contributed by atoms with E-state index in [4.69, 9.17) is 16.3 Å². The van der Waals surface area contributed by atoms with Gasteiger partial charge in [-0.05, 0) is 72.6 Å². The highest BCUT2D eigenvalue weighted by Crippen LogP contribution is 2.60. The Kier molecular flexibility index (Phi) is 9.88. The fourth-order valence-corrected chi connectivity index (χ4v) is 11.3. The molecule has 4 atom stereocenters. The van der Waals surface area contributed by atoms with Crippen LogP contribution in [0.1, 0.15) is 42.0 Å². The van der Waals surface area contributed by atoms with E-state index < -0.39 is 31.5 Å². The predicted octanol–water partition coefficient (Wildman–Crippen LogP) is 6.71. The van der Waals surface area contributed by atoms with Gasteiger partial charge in [0.05, 0.1) is 37.1 Å². The van der Waals surface area contributed by atoms with E-state index in [0.717, 1.165) is 28.1 Å². The molecule has 0 aliphatic carbocycles. The number of anilines is 3. The van der Waals surface area contributed by atoms with Crippen LogP contribution < -0.4 is 9.80 Å². The van der Waals surface area contributed by atoms with Gasteiger partial charge in [-0.1, -0.05) is 79.2 Å². The summed E-state index contributed by atoms with van der Waals surface area (Å²) in [6.45, 7) is 6.05. The average Bonchev–Trinajstić information content (AvgIpc) is 3.54. The highest BCUT2D eigenvalue weighted by molar-refractivity contribution is 6.71. The number of carbonyl (C=O) groups excluding carboxylic acids is 3. The van der Waals surface area contributed by atoms with Gasteiger partial charge in [0.1, 0.15) is 0 Å². The molecule has 270 valence electrons. The van der Waals surface area contributed by atoms with E-state index in [1.807, 2.05) is 105 Å². The van der Waals surface area contributed by atoms with E-state index in [0.29, 0.717) is 35.7 Å². The Bertz CT molecular complexity index is 2000. The normalized spacial score (nSPS) is 22.5. The smallest absolute Gasteiger partial charge is 0.264 e. The molecule has 3 heterocycles. The molecule has 3 amide bonds. The Morgan fingerprint density at radius 1 is 0.942 bits per heavy atom. The monoisotopic (exact) mass is 737 g/mol. The zero-order valence-electron chi connectivity index (χ0n) is 29.7. The fourth-order valence-electron chi connectivity index (χ4n) is 8.61. The number of amides is 3. The van der Waals surface area contributed by atoms with Gasteiger partial charge in [0.25, 0.3) is 5.91 Å². The van der Waals surface area contributed by atoms with Crippen LogP contribution in [0.5, 0.6) is 0 Å². The van der Waals surface area contributed by atoms with Crippen LogP contribution in [0, 0.1) is 5.92 Å². The van der Waals surface area contributed by atoms with Crippen molar-refractivity contribution in [2.24, 2.45) is 5.92 Å². The summed E-state index contributed by atoms with van der Waals surface area (Å²) in [5.74, 6) is -0.976. The summed E-state index contributed by atoms with van der Waals surface area (Å²) in [6.07, 6.45) is 0.296. The first-order valence-corrected chi connectivity index (χ1v) is 21.3. The number of halogens is 1. The van der Waals surface area contributed by atoms with Crippen molar-refractivity contribution in [2.45, 2.75) is 69.6 Å². The third-order valence-electron chi connectivity index (χ3n) is 10.9. The van der Waals surface area contributed by atoms with Crippen LogP contribution in [0.4, 0.5) is 17.1 Å². The van der Waals surface area contributed by atoms with Gasteiger partial charge in [0, 0.05) is 47.2 Å². The molecule has 3 aliphatic heterocycles. The van der Waals surface area contributed by atoms with Crippen molar-refractivity contribution in [3.63, 3.8) is 0 Å². The lowest BCUT2D eigenvalue weighted by molar-refractivity contribution is -0.150. The van der Waals surface area contributed by atoms with Crippen LogP contribution in [-0.2, 0) is 44.2 Å². The van der Waals surface area contributed by atoms with Gasteiger partial charge in [-0.2, -0.15) is 0 Å². The number of ether oxygens (including phenoxy) is 1. The second-order valence-electron chi connectivity index (χ2n) is 14.7. The van der Waals surface area contributed by atoms with Crippen LogP contribution >= 0.6 is 11.6 Å². The fraction of sp³-hybridized carbons (Fsp3) is 0.341. The summed E-state index contributed by atoms with van der Waals surface area (Å²) in [6, 6.07) is 30.5. The van der Waals surface area contributed by atoms with Gasteiger partial charge < -0.3 is 24.4 Å². The number of fused-ring (bicyclic) bond motifs is 3. The maximum Gasteiger partial charge on any atom is 0.264 e. The number of aliphatic hydroxyl groups is 1. The van der Waals surface area contributed by atoms with Crippen LogP contribution in [0.3, 0.4) is 0 Å². The lowest BCUT2D eigenvalue weighted by atomic mass is 9.82. The lowest BCUT2D eigenvalue weighted by Crippen LogP contribution is -2.46. The number of hydrogen-bond acceptors (Lipinski definition) is 6. The molecule has 0 saturated carbocycles. The number of aryl methyl sites for hydroxylation is 1. The number of benzene rings is 4. The molecule has 3 aliphatic rings. The number of para-hydroxylation sites is 1. The summed E-state index contributed by atoms with van der Waals surface area (Å²) in [5, 5.41) is 10.3. The Balaban J connectivity index is 1.21. The molecule has 0 radical (unpaired) electrons. The molecule has 2 N–H and O–H groups in total. The van der Waals surface area contributed by atoms with E-state index in [1.165, 1.54) is 0 Å². The van der Waals surface area contributed by atoms with Crippen molar-refractivity contribution in [2.75, 3.05) is 23.0 Å². The quantitative estimate of drug-likeness (QED) is 0.175. The number of aliphatic hydroxyl groups excluding tert-OH is 1. The molecule has 52 heavy (non-hydrogen) atoms. The number of rotatable bonds is 10. The van der Waals surface area contributed by atoms with E-state index in [9.17, 15) is 24.3 Å². The van der Waals surface area contributed by atoms with Gasteiger partial charge in [0.2, 0.25) is 11.8 Å². The molecular weight excluding hydrogens is 694 g/mol. The van der Waals surface area contributed by atoms with E-state index in [-0.39, 0.29) is 43.8 Å². The molecule has 11 heteroatoms. The lowest BCUT2D eigenvalue weighted by Gasteiger charge is -2.33. The molecule has 9 nitrogen and oxygen atoms in total. The molecule has 1 saturated heterocycles. The molecule has 0 aromatic heterocycles. The SMILES string of the molecule is C[C@H]1[C@H]([Si](C)(C)O)[C@@H](CC(=O)N(CCO)Cc2ccccc2)O[C@]12C(=O)N(Cc1cccc(N3C(=O)CCc4ccccc43)c1)c1ccc(Cl)cc12. The van der Waals surface area contributed by atoms with Crippen molar-refractivity contribution in [1.29, 1.82) is 0 Å². The van der Waals surface area contributed by atoms with E-state index in [2.05, 4.69) is 0 Å². The first kappa shape index (κ1) is 36.1. The number of carbonyl (C=O) groups is 3. The zero-order valence-corrected chi connectivity index (χ0v) is 31.4. The highest BCUT2D eigenvalue weighted by Gasteiger charge is 2.66. The van der Waals surface area contributed by atoms with E-state index in [1.54, 1.807) is 26.8 Å². The summed E-state index contributed by atoms with van der Waals surface area (Å²) in [7, 11) is -3.05. The maximum atomic E-state index is 15.0. The van der Waals surface area contributed by atoms with Crippen LogP contribution in [0.25, 0.3) is 0 Å². The van der Waals surface area contributed by atoms with Gasteiger partial charge in [-0.15, -0.1) is 0 Å². The van der Waals surface area contributed by atoms with Crippen LogP contribution in [0.15, 0.2) is 97.1 Å². The van der Waals surface area contributed by atoms with Crippen molar-refractivity contribution in [1.82, 2.24) is 4.90 Å². The van der Waals surface area contributed by atoms with Crippen LogP contribution in [0.2, 0.25) is 23.7 Å². The van der Waals surface area contributed by atoms with E-state index >= 15 is 0 Å². The third-order valence-corrected chi connectivity index (χ3v) is 13.6. The zero-order chi connectivity index (χ0) is 36.8. The molecule has 1 spiro atoms. The molecule has 7 rings (SSSR count). The Labute approximate surface area is 310 Å². The Hall–Kier alpha value is -4.32. The van der Waals surface area contributed by atoms with Crippen molar-refractivity contribution in [3.05, 3.63) is 124 Å². The first-order chi connectivity index (χ1) is 24.9. The molecule has 4 aromatic rings. The number of hydrogen-bond donors (Lipinski definition) is 2. The molecule has 4 aromatic carbocycles. The minimum atomic E-state index is -3.05. The summed E-state index contributed by atoms with van der Waals surface area (Å²) < 4.78 is 6.91. The topological polar surface area (TPSA) is 111 Å². The maximum absolute atomic E-state index is 15.0. The van der Waals surface area contributed by atoms with Crippen molar-refractivity contribution in [3.8, 4) is 0 Å². The Morgan fingerprint density at radius 2 is 1.67 bits per heavy atom. The second kappa shape index (κ2) is 14.2. The molecule has 0 unspecified atom stereocenters. The largest absolute Gasteiger partial charge is 0.432 e. The van der Waals surface area contributed by atoms with Crippen LogP contribution in [-0.4, -0.2) is 60.1 Å². The minimum Gasteiger partial charge on any atom is -0.432 e. The minimum absolute atomic E-state index is 0.0176. The summed E-state index contributed by atoms with van der Waals surface area (Å²) in [5.41, 5.74) is 3.78. The predicted molar refractivity (Wildman–Crippen MR) is 204 cm³/mol. The summed E-state index contributed by atoms with van der Waals surface area (Å²) >= 11 is 6.60. The van der Waals surface area contributed by atoms with Crippen molar-refractivity contribution < 1.29 is 29.0 Å². The van der Waals surface area contributed by atoms with Gasteiger partial charge >= 0.3 is 0 Å². The first-order valence-electron chi connectivity index (χ1n) is 17.9.